The molecule has 0 aromatic heterocycles. The molecular weight excluding hydrogens is 134 g/mol. The summed E-state index contributed by atoms with van der Waals surface area (Å²) in [7, 11) is 0. The number of carbonyl (C=O) groups excluding carboxylic acids is 2. The van der Waals surface area contributed by atoms with Crippen molar-refractivity contribution in [3.63, 3.8) is 0 Å². The Bertz CT molecular complexity index is 151. The molecule has 2 N–H and O–H groups in total. The highest BCUT2D eigenvalue weighted by molar-refractivity contribution is 5.65. The van der Waals surface area contributed by atoms with Crippen LogP contribution in [0.5, 0.6) is 0 Å². The van der Waals surface area contributed by atoms with E-state index in [1.54, 1.807) is 0 Å². The van der Waals surface area contributed by atoms with Crippen molar-refractivity contribution in [3.8, 4) is 0 Å². The molecule has 0 saturated heterocycles. The highest BCUT2D eigenvalue weighted by Crippen LogP contribution is 2.27. The van der Waals surface area contributed by atoms with Crippen LogP contribution in [-0.4, -0.2) is 18.5 Å². The lowest BCUT2D eigenvalue weighted by atomic mass is 9.84. The van der Waals surface area contributed by atoms with Crippen LogP contribution in [0.2, 0.25) is 0 Å². The summed E-state index contributed by atoms with van der Waals surface area (Å²) in [6, 6.07) is 0. The first-order chi connectivity index (χ1) is 4.72. The van der Waals surface area contributed by atoms with E-state index in [0.29, 0.717) is 12.8 Å². The summed E-state index contributed by atoms with van der Waals surface area (Å²) in [5.74, 6) is 0.0735. The Morgan fingerprint density at radius 1 is 1.60 bits per heavy atom. The molecule has 10 heavy (non-hydrogen) atoms. The number of hydrogen-bond donors (Lipinski definition) is 1. The third-order valence-electron chi connectivity index (χ3n) is 1.61. The van der Waals surface area contributed by atoms with E-state index in [1.807, 2.05) is 0 Å². The van der Waals surface area contributed by atoms with Gasteiger partial charge in [0.25, 0.3) is 0 Å². The Labute approximate surface area is 58.3 Å². The number of primary amides is 1. The summed E-state index contributed by atoms with van der Waals surface area (Å²) in [5, 5.41) is 0. The van der Waals surface area contributed by atoms with E-state index in [9.17, 15) is 9.59 Å². The number of rotatable bonds is 2. The maximum atomic E-state index is 10.1. The van der Waals surface area contributed by atoms with Crippen molar-refractivity contribution < 1.29 is 14.3 Å². The minimum Gasteiger partial charge on any atom is -0.446 e. The molecule has 0 aromatic carbocycles. The summed E-state index contributed by atoms with van der Waals surface area (Å²) >= 11 is 0. The number of amides is 1. The van der Waals surface area contributed by atoms with Gasteiger partial charge in [0.1, 0.15) is 12.4 Å². The van der Waals surface area contributed by atoms with Gasteiger partial charge in [0.2, 0.25) is 0 Å². The lowest BCUT2D eigenvalue weighted by Gasteiger charge is -2.29. The Balaban J connectivity index is 2.14. The lowest BCUT2D eigenvalue weighted by molar-refractivity contribution is -0.116. The maximum Gasteiger partial charge on any atom is 0.404 e. The maximum absolute atomic E-state index is 10.1. The quantitative estimate of drug-likeness (QED) is 0.555. The van der Waals surface area contributed by atoms with Gasteiger partial charge in [-0.2, -0.15) is 0 Å². The second-order valence-electron chi connectivity index (χ2n) is 2.43. The summed E-state index contributed by atoms with van der Waals surface area (Å²) in [6.07, 6.45) is 1.27. The summed E-state index contributed by atoms with van der Waals surface area (Å²) in [6.45, 7) is 0. The van der Waals surface area contributed by atoms with Gasteiger partial charge in [0, 0.05) is 5.92 Å². The van der Waals surface area contributed by atoms with Crippen LogP contribution >= 0.6 is 0 Å². The highest BCUT2D eigenvalue weighted by Gasteiger charge is 2.31. The molecule has 0 unspecified atom stereocenters. The summed E-state index contributed by atoms with van der Waals surface area (Å²) in [4.78, 5) is 20.2. The predicted molar refractivity (Wildman–Crippen MR) is 33.2 cm³/mol. The Hall–Kier alpha value is -1.06. The molecule has 1 rings (SSSR count). The number of hydrogen-bond acceptors (Lipinski definition) is 3. The fraction of sp³-hybridized carbons (Fsp3) is 0.667. The normalized spacial score (nSPS) is 30.4. The standard InChI is InChI=1S/C6H9NO3/c7-6(9)10-5-1-4(2-5)3-8/h3-5H,1-2H2,(H2,7,9)/t4-,5+. The molecule has 0 aliphatic heterocycles. The summed E-state index contributed by atoms with van der Waals surface area (Å²) < 4.78 is 4.60. The zero-order valence-corrected chi connectivity index (χ0v) is 5.45. The van der Waals surface area contributed by atoms with Crippen LogP contribution < -0.4 is 5.73 Å². The largest absolute Gasteiger partial charge is 0.446 e. The minimum absolute atomic E-state index is 0.0735. The average Bonchev–Trinajstić information content (AvgIpc) is 1.76. The second kappa shape index (κ2) is 2.68. The van der Waals surface area contributed by atoms with Gasteiger partial charge >= 0.3 is 6.09 Å². The first-order valence-electron chi connectivity index (χ1n) is 3.13. The van der Waals surface area contributed by atoms with Crippen molar-refractivity contribution in [2.24, 2.45) is 11.7 Å². The van der Waals surface area contributed by atoms with E-state index in [2.05, 4.69) is 4.74 Å². The van der Waals surface area contributed by atoms with Crippen molar-refractivity contribution in [2.75, 3.05) is 0 Å². The number of nitrogens with two attached hydrogens (primary N) is 1. The lowest BCUT2D eigenvalue weighted by Crippen LogP contribution is -2.35. The van der Waals surface area contributed by atoms with Crippen LogP contribution in [0.25, 0.3) is 0 Å². The van der Waals surface area contributed by atoms with E-state index in [1.165, 1.54) is 0 Å². The van der Waals surface area contributed by atoms with Crippen molar-refractivity contribution in [3.05, 3.63) is 0 Å². The SMILES string of the molecule is NC(=O)O[C@H]1C[C@@H](C=O)C1. The third-order valence-corrected chi connectivity index (χ3v) is 1.61. The van der Waals surface area contributed by atoms with Crippen molar-refractivity contribution in [1.82, 2.24) is 0 Å². The molecule has 0 radical (unpaired) electrons. The van der Waals surface area contributed by atoms with Gasteiger partial charge in [0.05, 0.1) is 0 Å². The molecule has 1 amide bonds. The molecule has 1 aliphatic rings. The zero-order chi connectivity index (χ0) is 7.56. The van der Waals surface area contributed by atoms with Gasteiger partial charge < -0.3 is 15.3 Å². The Morgan fingerprint density at radius 3 is 2.60 bits per heavy atom. The van der Waals surface area contributed by atoms with Crippen molar-refractivity contribution >= 4 is 12.4 Å². The number of ether oxygens (including phenoxy) is 1. The topological polar surface area (TPSA) is 69.4 Å². The second-order valence-corrected chi connectivity index (χ2v) is 2.43. The van der Waals surface area contributed by atoms with Gasteiger partial charge in [0.15, 0.2) is 0 Å². The molecule has 1 saturated carbocycles. The van der Waals surface area contributed by atoms with Gasteiger partial charge in [-0.25, -0.2) is 4.79 Å². The monoisotopic (exact) mass is 143 g/mol. The molecule has 1 fully saturated rings. The van der Waals surface area contributed by atoms with E-state index < -0.39 is 6.09 Å². The van der Waals surface area contributed by atoms with Crippen molar-refractivity contribution in [2.45, 2.75) is 18.9 Å². The molecule has 0 aromatic rings. The molecule has 0 bridgehead atoms. The molecule has 0 atom stereocenters. The van der Waals surface area contributed by atoms with Crippen LogP contribution in [0.3, 0.4) is 0 Å². The Morgan fingerprint density at radius 2 is 2.20 bits per heavy atom. The third kappa shape index (κ3) is 1.46. The zero-order valence-electron chi connectivity index (χ0n) is 5.45. The number of carbonyl (C=O) groups is 2. The van der Waals surface area contributed by atoms with Gasteiger partial charge in [-0.15, -0.1) is 0 Å². The first-order valence-corrected chi connectivity index (χ1v) is 3.13. The molecule has 56 valence electrons. The predicted octanol–water partition coefficient (Wildman–Crippen LogP) is 0.0592. The molecule has 0 heterocycles. The van der Waals surface area contributed by atoms with Crippen LogP contribution in [0.15, 0.2) is 0 Å². The minimum atomic E-state index is -0.755. The van der Waals surface area contributed by atoms with Crippen molar-refractivity contribution in [1.29, 1.82) is 0 Å². The van der Waals surface area contributed by atoms with E-state index in [0.717, 1.165) is 6.29 Å². The van der Waals surface area contributed by atoms with Crippen LogP contribution in [0.4, 0.5) is 4.79 Å². The molecule has 4 nitrogen and oxygen atoms in total. The van der Waals surface area contributed by atoms with Crippen LogP contribution in [0.1, 0.15) is 12.8 Å². The van der Waals surface area contributed by atoms with E-state index in [-0.39, 0.29) is 12.0 Å². The van der Waals surface area contributed by atoms with Gasteiger partial charge in [-0.1, -0.05) is 0 Å². The molecule has 0 spiro atoms. The summed E-state index contributed by atoms with van der Waals surface area (Å²) in [5.41, 5.74) is 4.74. The van der Waals surface area contributed by atoms with Crippen LogP contribution in [0, 0.1) is 5.92 Å². The fourth-order valence-electron chi connectivity index (χ4n) is 0.978. The van der Waals surface area contributed by atoms with Gasteiger partial charge in [-0.05, 0) is 12.8 Å². The molecule has 1 aliphatic carbocycles. The fourth-order valence-corrected chi connectivity index (χ4v) is 0.978. The molecule has 4 heteroatoms. The smallest absolute Gasteiger partial charge is 0.404 e. The van der Waals surface area contributed by atoms with E-state index in [4.69, 9.17) is 5.73 Å². The average molecular weight is 143 g/mol. The highest BCUT2D eigenvalue weighted by atomic mass is 16.6. The Kier molecular flexibility index (Phi) is 1.89. The molecular formula is C6H9NO3. The van der Waals surface area contributed by atoms with Crippen LogP contribution in [-0.2, 0) is 9.53 Å². The first kappa shape index (κ1) is 7.05. The van der Waals surface area contributed by atoms with E-state index >= 15 is 0 Å². The van der Waals surface area contributed by atoms with Gasteiger partial charge in [-0.3, -0.25) is 0 Å². The number of aldehydes is 1.